The Bertz CT molecular complexity index is 370. The molecular formula is C13H17NO2. The first kappa shape index (κ1) is 11.1. The van der Waals surface area contributed by atoms with Crippen molar-refractivity contribution in [2.24, 2.45) is 5.73 Å². The zero-order chi connectivity index (χ0) is 11.4. The highest BCUT2D eigenvalue weighted by Crippen LogP contribution is 2.19. The molecule has 0 radical (unpaired) electrons. The summed E-state index contributed by atoms with van der Waals surface area (Å²) < 4.78 is 5.66. The van der Waals surface area contributed by atoms with Gasteiger partial charge in [0.05, 0.1) is 6.10 Å². The smallest absolute Gasteiger partial charge is 0.248 e. The van der Waals surface area contributed by atoms with E-state index in [1.54, 1.807) is 6.07 Å². The Balaban J connectivity index is 2.10. The van der Waals surface area contributed by atoms with E-state index in [-0.39, 0.29) is 12.0 Å². The molecule has 1 aliphatic heterocycles. The third-order valence-electron chi connectivity index (χ3n) is 3.00. The number of hydrogen-bond acceptors (Lipinski definition) is 2. The lowest BCUT2D eigenvalue weighted by molar-refractivity contribution is 0.0167. The molecule has 1 aromatic carbocycles. The molecule has 1 atom stereocenters. The lowest BCUT2D eigenvalue weighted by atomic mass is 9.97. The van der Waals surface area contributed by atoms with Gasteiger partial charge in [-0.15, -0.1) is 0 Å². The third-order valence-corrected chi connectivity index (χ3v) is 3.00. The maximum Gasteiger partial charge on any atom is 0.248 e. The first-order valence-corrected chi connectivity index (χ1v) is 5.76. The third kappa shape index (κ3) is 2.61. The molecule has 0 bridgehead atoms. The standard InChI is InChI=1S/C13H17NO2/c14-13(15)12-7-2-1-5-10(12)9-11-6-3-4-8-16-11/h1-2,5,7,11H,3-4,6,8-9H2,(H2,14,15). The molecule has 2 rings (SSSR count). The number of primary amides is 1. The first-order chi connectivity index (χ1) is 7.77. The number of hydrogen-bond donors (Lipinski definition) is 1. The zero-order valence-electron chi connectivity index (χ0n) is 9.32. The Morgan fingerprint density at radius 2 is 2.19 bits per heavy atom. The SMILES string of the molecule is NC(=O)c1ccccc1CC1CCCCO1. The molecule has 2 N–H and O–H groups in total. The fourth-order valence-corrected chi connectivity index (χ4v) is 2.15. The van der Waals surface area contributed by atoms with Crippen LogP contribution in [-0.2, 0) is 11.2 Å². The van der Waals surface area contributed by atoms with E-state index in [1.165, 1.54) is 6.42 Å². The van der Waals surface area contributed by atoms with Gasteiger partial charge in [0.2, 0.25) is 5.91 Å². The maximum atomic E-state index is 11.2. The second-order valence-electron chi connectivity index (χ2n) is 4.21. The summed E-state index contributed by atoms with van der Waals surface area (Å²) in [5.74, 6) is -0.355. The number of nitrogens with two attached hydrogens (primary N) is 1. The van der Waals surface area contributed by atoms with Crippen molar-refractivity contribution in [2.75, 3.05) is 6.61 Å². The van der Waals surface area contributed by atoms with Crippen LogP contribution in [0.4, 0.5) is 0 Å². The van der Waals surface area contributed by atoms with E-state index >= 15 is 0 Å². The van der Waals surface area contributed by atoms with Gasteiger partial charge in [0.1, 0.15) is 0 Å². The highest BCUT2D eigenvalue weighted by molar-refractivity contribution is 5.94. The fourth-order valence-electron chi connectivity index (χ4n) is 2.15. The number of rotatable bonds is 3. The summed E-state index contributed by atoms with van der Waals surface area (Å²) in [6.45, 7) is 0.837. The molecule has 1 fully saturated rings. The molecule has 1 heterocycles. The van der Waals surface area contributed by atoms with Crippen LogP contribution in [0.1, 0.15) is 35.2 Å². The molecule has 3 nitrogen and oxygen atoms in total. The van der Waals surface area contributed by atoms with Crippen molar-refractivity contribution in [3.63, 3.8) is 0 Å². The second kappa shape index (κ2) is 5.12. The Morgan fingerprint density at radius 1 is 1.38 bits per heavy atom. The average Bonchev–Trinajstić information content (AvgIpc) is 2.31. The van der Waals surface area contributed by atoms with Crippen LogP contribution < -0.4 is 5.73 Å². The topological polar surface area (TPSA) is 52.3 Å². The zero-order valence-corrected chi connectivity index (χ0v) is 9.32. The van der Waals surface area contributed by atoms with Crippen LogP contribution in [0.5, 0.6) is 0 Å². The average molecular weight is 219 g/mol. The summed E-state index contributed by atoms with van der Waals surface area (Å²) >= 11 is 0. The van der Waals surface area contributed by atoms with Gasteiger partial charge in [-0.25, -0.2) is 0 Å². The van der Waals surface area contributed by atoms with Gasteiger partial charge in [0.15, 0.2) is 0 Å². The highest BCUT2D eigenvalue weighted by atomic mass is 16.5. The quantitative estimate of drug-likeness (QED) is 0.844. The van der Waals surface area contributed by atoms with Gasteiger partial charge in [0.25, 0.3) is 0 Å². The van der Waals surface area contributed by atoms with Crippen molar-refractivity contribution in [3.8, 4) is 0 Å². The summed E-state index contributed by atoms with van der Waals surface area (Å²) in [5, 5.41) is 0. The minimum Gasteiger partial charge on any atom is -0.378 e. The Kier molecular flexibility index (Phi) is 3.57. The van der Waals surface area contributed by atoms with Gasteiger partial charge in [-0.2, -0.15) is 0 Å². The summed E-state index contributed by atoms with van der Waals surface area (Å²) in [4.78, 5) is 11.2. The fraction of sp³-hybridized carbons (Fsp3) is 0.462. The molecule has 0 aliphatic carbocycles. The number of carbonyl (C=O) groups is 1. The van der Waals surface area contributed by atoms with E-state index in [0.717, 1.165) is 31.4 Å². The van der Waals surface area contributed by atoms with E-state index in [2.05, 4.69) is 0 Å². The second-order valence-corrected chi connectivity index (χ2v) is 4.21. The van der Waals surface area contributed by atoms with Gasteiger partial charge in [-0.05, 0) is 37.3 Å². The lowest BCUT2D eigenvalue weighted by Gasteiger charge is -2.23. The van der Waals surface area contributed by atoms with E-state index in [4.69, 9.17) is 10.5 Å². The predicted molar refractivity (Wildman–Crippen MR) is 62.3 cm³/mol. The maximum absolute atomic E-state index is 11.2. The van der Waals surface area contributed by atoms with Gasteiger partial charge in [-0.3, -0.25) is 4.79 Å². The van der Waals surface area contributed by atoms with Gasteiger partial charge >= 0.3 is 0 Å². The summed E-state index contributed by atoms with van der Waals surface area (Å²) in [7, 11) is 0. The van der Waals surface area contributed by atoms with Crippen molar-refractivity contribution in [2.45, 2.75) is 31.8 Å². The Morgan fingerprint density at radius 3 is 2.88 bits per heavy atom. The van der Waals surface area contributed by atoms with Crippen molar-refractivity contribution < 1.29 is 9.53 Å². The first-order valence-electron chi connectivity index (χ1n) is 5.76. The molecule has 1 aliphatic rings. The molecule has 3 heteroatoms. The number of carbonyl (C=O) groups excluding carboxylic acids is 1. The largest absolute Gasteiger partial charge is 0.378 e. The van der Waals surface area contributed by atoms with Crippen LogP contribution >= 0.6 is 0 Å². The van der Waals surface area contributed by atoms with Crippen LogP contribution in [0.2, 0.25) is 0 Å². The molecule has 1 amide bonds. The molecule has 16 heavy (non-hydrogen) atoms. The predicted octanol–water partition coefficient (Wildman–Crippen LogP) is 1.90. The molecule has 1 unspecified atom stereocenters. The van der Waals surface area contributed by atoms with Gasteiger partial charge < -0.3 is 10.5 Å². The van der Waals surface area contributed by atoms with Crippen LogP contribution in [-0.4, -0.2) is 18.6 Å². The van der Waals surface area contributed by atoms with E-state index < -0.39 is 0 Å². The van der Waals surface area contributed by atoms with Crippen molar-refractivity contribution >= 4 is 5.91 Å². The van der Waals surface area contributed by atoms with Crippen LogP contribution in [0.15, 0.2) is 24.3 Å². The highest BCUT2D eigenvalue weighted by Gasteiger charge is 2.17. The van der Waals surface area contributed by atoms with Gasteiger partial charge in [-0.1, -0.05) is 18.2 Å². The lowest BCUT2D eigenvalue weighted by Crippen LogP contribution is -2.23. The van der Waals surface area contributed by atoms with Crippen molar-refractivity contribution in [1.29, 1.82) is 0 Å². The van der Waals surface area contributed by atoms with Gasteiger partial charge in [0, 0.05) is 12.2 Å². The minimum atomic E-state index is -0.355. The van der Waals surface area contributed by atoms with Crippen LogP contribution in [0.25, 0.3) is 0 Å². The van der Waals surface area contributed by atoms with E-state index in [1.807, 2.05) is 18.2 Å². The van der Waals surface area contributed by atoms with E-state index in [9.17, 15) is 4.79 Å². The monoisotopic (exact) mass is 219 g/mol. The van der Waals surface area contributed by atoms with E-state index in [0.29, 0.717) is 5.56 Å². The molecule has 1 aromatic rings. The Hall–Kier alpha value is -1.35. The molecule has 0 aromatic heterocycles. The summed E-state index contributed by atoms with van der Waals surface area (Å²) in [6.07, 6.45) is 4.47. The van der Waals surface area contributed by atoms with Crippen LogP contribution in [0, 0.1) is 0 Å². The summed E-state index contributed by atoms with van der Waals surface area (Å²) in [6, 6.07) is 7.51. The summed E-state index contributed by atoms with van der Waals surface area (Å²) in [5.41, 5.74) is 6.96. The Labute approximate surface area is 95.6 Å². The minimum absolute atomic E-state index is 0.245. The molecule has 0 spiro atoms. The van der Waals surface area contributed by atoms with Crippen LogP contribution in [0.3, 0.4) is 0 Å². The molecule has 0 saturated carbocycles. The molecular weight excluding hydrogens is 202 g/mol. The molecule has 86 valence electrons. The number of amides is 1. The molecule has 1 saturated heterocycles. The van der Waals surface area contributed by atoms with Crippen molar-refractivity contribution in [1.82, 2.24) is 0 Å². The number of ether oxygens (including phenoxy) is 1. The normalized spacial score (nSPS) is 20.6. The number of benzene rings is 1. The van der Waals surface area contributed by atoms with Crippen molar-refractivity contribution in [3.05, 3.63) is 35.4 Å².